The molecule has 0 aliphatic carbocycles. The number of carbonyl (C=O) groups is 2. The molecule has 0 aliphatic heterocycles. The molecule has 2 N–H and O–H groups in total. The Morgan fingerprint density at radius 1 is 1.30 bits per heavy atom. The van der Waals surface area contributed by atoms with Crippen molar-refractivity contribution in [3.05, 3.63) is 28.7 Å². The molecule has 0 unspecified atom stereocenters. The van der Waals surface area contributed by atoms with E-state index in [2.05, 4.69) is 42.0 Å². The third-order valence-corrected chi connectivity index (χ3v) is 3.47. The van der Waals surface area contributed by atoms with Gasteiger partial charge in [-0.05, 0) is 23.3 Å². The number of halogens is 1. The molecule has 0 aliphatic rings. The zero-order chi connectivity index (χ0) is 16.8. The summed E-state index contributed by atoms with van der Waals surface area (Å²) in [6, 6.07) is 6.90. The van der Waals surface area contributed by atoms with Crippen LogP contribution in [0.3, 0.4) is 0 Å². The Labute approximate surface area is 141 Å². The van der Waals surface area contributed by atoms with Crippen molar-refractivity contribution in [3.63, 3.8) is 0 Å². The van der Waals surface area contributed by atoms with Crippen LogP contribution in [-0.4, -0.2) is 38.7 Å². The maximum Gasteiger partial charge on any atom is 0.321 e. The third kappa shape index (κ3) is 5.13. The topological polar surface area (TPSA) is 102 Å². The number of imide groups is 1. The van der Waals surface area contributed by atoms with E-state index in [1.54, 1.807) is 0 Å². The monoisotopic (exact) mass is 380 g/mol. The summed E-state index contributed by atoms with van der Waals surface area (Å²) in [7, 11) is 0. The lowest BCUT2D eigenvalue weighted by Gasteiger charge is -2.07. The maximum atomic E-state index is 11.8. The highest BCUT2D eigenvalue weighted by Gasteiger charge is 2.13. The highest BCUT2D eigenvalue weighted by atomic mass is 79.9. The van der Waals surface area contributed by atoms with Gasteiger partial charge in [0.2, 0.25) is 5.82 Å². The van der Waals surface area contributed by atoms with E-state index in [0.29, 0.717) is 18.3 Å². The molecule has 1 aromatic carbocycles. The fourth-order valence-corrected chi connectivity index (χ4v) is 2.16. The number of tetrazole rings is 1. The number of carbonyl (C=O) groups excluding carboxylic acids is 2. The van der Waals surface area contributed by atoms with Crippen molar-refractivity contribution in [3.8, 4) is 11.4 Å². The number of nitrogens with one attached hydrogen (secondary N) is 2. The van der Waals surface area contributed by atoms with Crippen LogP contribution in [0.2, 0.25) is 0 Å². The van der Waals surface area contributed by atoms with Crippen LogP contribution in [0.15, 0.2) is 28.7 Å². The summed E-state index contributed by atoms with van der Waals surface area (Å²) in [6.07, 6.45) is 0. The van der Waals surface area contributed by atoms with E-state index in [1.165, 1.54) is 0 Å². The van der Waals surface area contributed by atoms with Crippen molar-refractivity contribution < 1.29 is 9.59 Å². The first kappa shape index (κ1) is 17.1. The molecule has 0 atom stereocenters. The van der Waals surface area contributed by atoms with E-state index >= 15 is 0 Å². The van der Waals surface area contributed by atoms with Gasteiger partial charge in [0.15, 0.2) is 0 Å². The molecule has 23 heavy (non-hydrogen) atoms. The number of rotatable bonds is 5. The molecule has 1 aromatic heterocycles. The van der Waals surface area contributed by atoms with Crippen molar-refractivity contribution in [1.29, 1.82) is 0 Å². The largest absolute Gasteiger partial charge is 0.338 e. The molecule has 0 radical (unpaired) electrons. The SMILES string of the molecule is CC(C)CNC(=O)NC(=O)Cn1nnc(-c2ccccc2Br)n1. The normalized spacial score (nSPS) is 10.6. The molecule has 3 amide bonds. The zero-order valence-electron chi connectivity index (χ0n) is 12.8. The summed E-state index contributed by atoms with van der Waals surface area (Å²) in [4.78, 5) is 24.4. The maximum absolute atomic E-state index is 11.8. The van der Waals surface area contributed by atoms with E-state index in [4.69, 9.17) is 0 Å². The number of benzene rings is 1. The lowest BCUT2D eigenvalue weighted by molar-refractivity contribution is -0.121. The van der Waals surface area contributed by atoms with E-state index in [0.717, 1.165) is 14.8 Å². The van der Waals surface area contributed by atoms with Gasteiger partial charge < -0.3 is 5.32 Å². The molecule has 122 valence electrons. The van der Waals surface area contributed by atoms with E-state index in [1.807, 2.05) is 38.1 Å². The van der Waals surface area contributed by atoms with Crippen molar-refractivity contribution in [2.75, 3.05) is 6.54 Å². The minimum absolute atomic E-state index is 0.188. The molecule has 0 saturated heterocycles. The second-order valence-corrected chi connectivity index (χ2v) is 6.13. The molecule has 9 heteroatoms. The van der Waals surface area contributed by atoms with Crippen LogP contribution in [-0.2, 0) is 11.3 Å². The van der Waals surface area contributed by atoms with Gasteiger partial charge in [0.1, 0.15) is 6.54 Å². The number of hydrogen-bond donors (Lipinski definition) is 2. The van der Waals surface area contributed by atoms with Crippen LogP contribution in [0.5, 0.6) is 0 Å². The van der Waals surface area contributed by atoms with E-state index in [-0.39, 0.29) is 6.54 Å². The Hall–Kier alpha value is -2.29. The third-order valence-electron chi connectivity index (χ3n) is 2.78. The lowest BCUT2D eigenvalue weighted by atomic mass is 10.2. The Balaban J connectivity index is 1.93. The predicted molar refractivity (Wildman–Crippen MR) is 87.3 cm³/mol. The molecular formula is C14H17BrN6O2. The van der Waals surface area contributed by atoms with Gasteiger partial charge >= 0.3 is 6.03 Å². The number of nitrogens with zero attached hydrogens (tertiary/aromatic N) is 4. The fraction of sp³-hybridized carbons (Fsp3) is 0.357. The van der Waals surface area contributed by atoms with Gasteiger partial charge in [-0.25, -0.2) is 4.79 Å². The average molecular weight is 381 g/mol. The summed E-state index contributed by atoms with van der Waals surface area (Å²) in [5.74, 6) is 0.191. The van der Waals surface area contributed by atoms with Gasteiger partial charge in [0.05, 0.1) is 0 Å². The van der Waals surface area contributed by atoms with Crippen molar-refractivity contribution >= 4 is 27.9 Å². The second kappa shape index (κ2) is 7.82. The van der Waals surface area contributed by atoms with Crippen molar-refractivity contribution in [2.45, 2.75) is 20.4 Å². The number of urea groups is 1. The highest BCUT2D eigenvalue weighted by molar-refractivity contribution is 9.10. The predicted octanol–water partition coefficient (Wildman–Crippen LogP) is 1.58. The summed E-state index contributed by atoms with van der Waals surface area (Å²) in [5, 5.41) is 16.7. The van der Waals surface area contributed by atoms with E-state index in [9.17, 15) is 9.59 Å². The van der Waals surface area contributed by atoms with Crippen LogP contribution >= 0.6 is 15.9 Å². The van der Waals surface area contributed by atoms with E-state index < -0.39 is 11.9 Å². The number of amides is 3. The first-order valence-electron chi connectivity index (χ1n) is 7.06. The Kier molecular flexibility index (Phi) is 5.80. The van der Waals surface area contributed by atoms with Crippen LogP contribution in [0.25, 0.3) is 11.4 Å². The number of hydrogen-bond acceptors (Lipinski definition) is 5. The first-order chi connectivity index (χ1) is 11.0. The van der Waals surface area contributed by atoms with Gasteiger partial charge in [-0.2, -0.15) is 4.80 Å². The van der Waals surface area contributed by atoms with Gasteiger partial charge in [-0.1, -0.05) is 41.9 Å². The lowest BCUT2D eigenvalue weighted by Crippen LogP contribution is -2.42. The summed E-state index contributed by atoms with van der Waals surface area (Å²) in [5.41, 5.74) is 0.772. The molecule has 2 aromatic rings. The summed E-state index contributed by atoms with van der Waals surface area (Å²) >= 11 is 3.41. The van der Waals surface area contributed by atoms with Crippen LogP contribution in [0, 0.1) is 5.92 Å². The number of aromatic nitrogens is 4. The standard InChI is InChI=1S/C14H17BrN6O2/c1-9(2)7-16-14(23)17-12(22)8-21-19-13(18-20-21)10-5-3-4-6-11(10)15/h3-6,9H,7-8H2,1-2H3,(H2,16,17,22,23). The van der Waals surface area contributed by atoms with Gasteiger partial charge in [-0.15, -0.1) is 10.2 Å². The molecule has 0 spiro atoms. The minimum atomic E-state index is -0.533. The molecule has 1 heterocycles. The highest BCUT2D eigenvalue weighted by Crippen LogP contribution is 2.23. The average Bonchev–Trinajstić information content (AvgIpc) is 2.93. The summed E-state index contributed by atoms with van der Waals surface area (Å²) in [6.45, 7) is 4.23. The molecule has 2 rings (SSSR count). The Bertz CT molecular complexity index is 700. The molecule has 8 nitrogen and oxygen atoms in total. The van der Waals surface area contributed by atoms with Crippen LogP contribution in [0.4, 0.5) is 4.79 Å². The van der Waals surface area contributed by atoms with Crippen molar-refractivity contribution in [2.24, 2.45) is 5.92 Å². The zero-order valence-corrected chi connectivity index (χ0v) is 14.4. The van der Waals surface area contributed by atoms with Gasteiger partial charge in [0, 0.05) is 16.6 Å². The molecule has 0 saturated carbocycles. The quantitative estimate of drug-likeness (QED) is 0.819. The Morgan fingerprint density at radius 3 is 2.74 bits per heavy atom. The minimum Gasteiger partial charge on any atom is -0.338 e. The Morgan fingerprint density at radius 2 is 2.04 bits per heavy atom. The first-order valence-corrected chi connectivity index (χ1v) is 7.85. The molecule has 0 fully saturated rings. The van der Waals surface area contributed by atoms with Gasteiger partial charge in [-0.3, -0.25) is 10.1 Å². The fourth-order valence-electron chi connectivity index (χ4n) is 1.70. The molecular weight excluding hydrogens is 364 g/mol. The second-order valence-electron chi connectivity index (χ2n) is 5.28. The molecule has 0 bridgehead atoms. The summed E-state index contributed by atoms with van der Waals surface area (Å²) < 4.78 is 0.831. The van der Waals surface area contributed by atoms with Crippen LogP contribution < -0.4 is 10.6 Å². The van der Waals surface area contributed by atoms with Crippen LogP contribution in [0.1, 0.15) is 13.8 Å². The van der Waals surface area contributed by atoms with Gasteiger partial charge in [0.25, 0.3) is 5.91 Å². The smallest absolute Gasteiger partial charge is 0.321 e. The van der Waals surface area contributed by atoms with Crippen molar-refractivity contribution in [1.82, 2.24) is 30.8 Å².